The average Bonchev–Trinajstić information content (AvgIpc) is 2.26. The zero-order valence-electron chi connectivity index (χ0n) is 9.29. The number of hydrogen-bond acceptors (Lipinski definition) is 1. The normalized spacial score (nSPS) is 12.8. The Kier molecular flexibility index (Phi) is 4.68. The van der Waals surface area contributed by atoms with E-state index < -0.39 is 0 Å². The van der Waals surface area contributed by atoms with Crippen molar-refractivity contribution in [3.63, 3.8) is 0 Å². The van der Waals surface area contributed by atoms with Gasteiger partial charge in [-0.05, 0) is 24.0 Å². The Morgan fingerprint density at radius 1 is 1.14 bits per heavy atom. The molecule has 2 N–H and O–H groups in total. The summed E-state index contributed by atoms with van der Waals surface area (Å²) in [7, 11) is 0. The van der Waals surface area contributed by atoms with E-state index in [0.717, 1.165) is 12.8 Å². The lowest BCUT2D eigenvalue weighted by Crippen LogP contribution is -2.09. The molecule has 0 radical (unpaired) electrons. The second kappa shape index (κ2) is 5.82. The first-order valence-corrected chi connectivity index (χ1v) is 5.62. The summed E-state index contributed by atoms with van der Waals surface area (Å²) in [5.41, 5.74) is 8.73. The standard InChI is InChI=1S/C13H21N/c1-3-5-6-13(14)12-9-7-11(4-2)8-10-12/h7-10,13H,3-6,14H2,1-2H3/t13-/m1/s1. The minimum absolute atomic E-state index is 0.223. The summed E-state index contributed by atoms with van der Waals surface area (Å²) < 4.78 is 0. The highest BCUT2D eigenvalue weighted by atomic mass is 14.6. The Hall–Kier alpha value is -0.820. The lowest BCUT2D eigenvalue weighted by atomic mass is 10.0. The number of rotatable bonds is 5. The molecule has 0 spiro atoms. The van der Waals surface area contributed by atoms with Crippen molar-refractivity contribution < 1.29 is 0 Å². The van der Waals surface area contributed by atoms with Gasteiger partial charge < -0.3 is 5.73 Å². The highest BCUT2D eigenvalue weighted by Gasteiger charge is 2.04. The fraction of sp³-hybridized carbons (Fsp3) is 0.538. The Labute approximate surface area is 87.3 Å². The maximum Gasteiger partial charge on any atom is 0.0294 e. The maximum absolute atomic E-state index is 6.07. The van der Waals surface area contributed by atoms with Gasteiger partial charge in [0.15, 0.2) is 0 Å². The number of unbranched alkanes of at least 4 members (excludes halogenated alkanes) is 1. The molecule has 0 heterocycles. The first-order valence-electron chi connectivity index (χ1n) is 5.62. The van der Waals surface area contributed by atoms with Crippen LogP contribution in [0.4, 0.5) is 0 Å². The number of hydrogen-bond donors (Lipinski definition) is 1. The van der Waals surface area contributed by atoms with Gasteiger partial charge in [-0.3, -0.25) is 0 Å². The summed E-state index contributed by atoms with van der Waals surface area (Å²) >= 11 is 0. The molecular formula is C13H21N. The second-order valence-corrected chi connectivity index (χ2v) is 3.84. The van der Waals surface area contributed by atoms with Crippen LogP contribution in [-0.4, -0.2) is 0 Å². The Morgan fingerprint density at radius 3 is 2.29 bits per heavy atom. The molecule has 0 aliphatic carbocycles. The van der Waals surface area contributed by atoms with Crippen molar-refractivity contribution >= 4 is 0 Å². The minimum atomic E-state index is 0.223. The topological polar surface area (TPSA) is 26.0 Å². The molecule has 1 nitrogen and oxygen atoms in total. The fourth-order valence-corrected chi connectivity index (χ4v) is 1.59. The Bertz CT molecular complexity index is 250. The van der Waals surface area contributed by atoms with Crippen molar-refractivity contribution in [3.05, 3.63) is 35.4 Å². The molecule has 1 rings (SSSR count). The van der Waals surface area contributed by atoms with Gasteiger partial charge in [0.05, 0.1) is 0 Å². The number of aryl methyl sites for hydroxylation is 1. The van der Waals surface area contributed by atoms with Crippen molar-refractivity contribution in [2.45, 2.75) is 45.6 Å². The first kappa shape index (κ1) is 11.3. The van der Waals surface area contributed by atoms with E-state index in [0.29, 0.717) is 0 Å². The molecular weight excluding hydrogens is 170 g/mol. The molecule has 0 aliphatic rings. The summed E-state index contributed by atoms with van der Waals surface area (Å²) in [6.07, 6.45) is 4.64. The SMILES string of the molecule is CCCC[C@@H](N)c1ccc(CC)cc1. The molecule has 0 aromatic heterocycles. The molecule has 0 bridgehead atoms. The molecule has 14 heavy (non-hydrogen) atoms. The minimum Gasteiger partial charge on any atom is -0.324 e. The largest absolute Gasteiger partial charge is 0.324 e. The van der Waals surface area contributed by atoms with E-state index in [1.165, 1.54) is 24.0 Å². The monoisotopic (exact) mass is 191 g/mol. The Balaban J connectivity index is 2.57. The smallest absolute Gasteiger partial charge is 0.0294 e. The predicted molar refractivity (Wildman–Crippen MR) is 62.3 cm³/mol. The third kappa shape index (κ3) is 3.15. The highest BCUT2D eigenvalue weighted by Crippen LogP contribution is 2.17. The maximum atomic E-state index is 6.07. The lowest BCUT2D eigenvalue weighted by molar-refractivity contribution is 0.603. The van der Waals surface area contributed by atoms with Gasteiger partial charge in [-0.1, -0.05) is 51.0 Å². The van der Waals surface area contributed by atoms with Crippen LogP contribution < -0.4 is 5.73 Å². The van der Waals surface area contributed by atoms with Crippen LogP contribution in [0.5, 0.6) is 0 Å². The van der Waals surface area contributed by atoms with Crippen LogP contribution in [0, 0.1) is 0 Å². The van der Waals surface area contributed by atoms with Crippen LogP contribution in [0.3, 0.4) is 0 Å². The van der Waals surface area contributed by atoms with Crippen molar-refractivity contribution in [2.75, 3.05) is 0 Å². The van der Waals surface area contributed by atoms with Gasteiger partial charge in [0.2, 0.25) is 0 Å². The molecule has 1 aromatic carbocycles. The third-order valence-corrected chi connectivity index (χ3v) is 2.68. The highest BCUT2D eigenvalue weighted by molar-refractivity contribution is 5.24. The van der Waals surface area contributed by atoms with E-state index in [1.54, 1.807) is 0 Å². The predicted octanol–water partition coefficient (Wildman–Crippen LogP) is 3.44. The molecule has 1 heteroatoms. The van der Waals surface area contributed by atoms with Gasteiger partial charge in [-0.25, -0.2) is 0 Å². The van der Waals surface area contributed by atoms with Gasteiger partial charge >= 0.3 is 0 Å². The van der Waals surface area contributed by atoms with E-state index in [4.69, 9.17) is 5.73 Å². The van der Waals surface area contributed by atoms with Gasteiger partial charge in [-0.15, -0.1) is 0 Å². The molecule has 0 saturated carbocycles. The molecule has 0 saturated heterocycles. The van der Waals surface area contributed by atoms with E-state index in [1.807, 2.05) is 0 Å². The summed E-state index contributed by atoms with van der Waals surface area (Å²) in [6, 6.07) is 8.92. The molecule has 1 atom stereocenters. The van der Waals surface area contributed by atoms with E-state index in [9.17, 15) is 0 Å². The van der Waals surface area contributed by atoms with Crippen LogP contribution in [0.2, 0.25) is 0 Å². The molecule has 0 aliphatic heterocycles. The summed E-state index contributed by atoms with van der Waals surface area (Å²) in [5.74, 6) is 0. The Morgan fingerprint density at radius 2 is 1.79 bits per heavy atom. The van der Waals surface area contributed by atoms with Crippen LogP contribution >= 0.6 is 0 Å². The van der Waals surface area contributed by atoms with E-state index in [2.05, 4.69) is 38.1 Å². The second-order valence-electron chi connectivity index (χ2n) is 3.84. The number of nitrogens with two attached hydrogens (primary N) is 1. The zero-order chi connectivity index (χ0) is 10.4. The quantitative estimate of drug-likeness (QED) is 0.758. The summed E-state index contributed by atoms with van der Waals surface area (Å²) in [4.78, 5) is 0. The molecule has 1 aromatic rings. The van der Waals surface area contributed by atoms with Crippen molar-refractivity contribution in [3.8, 4) is 0 Å². The van der Waals surface area contributed by atoms with Gasteiger partial charge in [0.25, 0.3) is 0 Å². The van der Waals surface area contributed by atoms with Crippen LogP contribution in [-0.2, 0) is 6.42 Å². The zero-order valence-corrected chi connectivity index (χ0v) is 9.29. The van der Waals surface area contributed by atoms with Crippen LogP contribution in [0.15, 0.2) is 24.3 Å². The van der Waals surface area contributed by atoms with E-state index in [-0.39, 0.29) is 6.04 Å². The summed E-state index contributed by atoms with van der Waals surface area (Å²) in [5, 5.41) is 0. The fourth-order valence-electron chi connectivity index (χ4n) is 1.59. The molecule has 0 unspecified atom stereocenters. The lowest BCUT2D eigenvalue weighted by Gasteiger charge is -2.11. The molecule has 0 amide bonds. The first-order chi connectivity index (χ1) is 6.77. The van der Waals surface area contributed by atoms with Crippen molar-refractivity contribution in [2.24, 2.45) is 5.73 Å². The van der Waals surface area contributed by atoms with Crippen molar-refractivity contribution in [1.82, 2.24) is 0 Å². The summed E-state index contributed by atoms with van der Waals surface area (Å²) in [6.45, 7) is 4.37. The molecule has 78 valence electrons. The van der Waals surface area contributed by atoms with Crippen LogP contribution in [0.1, 0.15) is 50.3 Å². The number of benzene rings is 1. The average molecular weight is 191 g/mol. The van der Waals surface area contributed by atoms with Gasteiger partial charge in [0.1, 0.15) is 0 Å². The third-order valence-electron chi connectivity index (χ3n) is 2.68. The molecule has 0 fully saturated rings. The van der Waals surface area contributed by atoms with Gasteiger partial charge in [0, 0.05) is 6.04 Å². The van der Waals surface area contributed by atoms with Gasteiger partial charge in [-0.2, -0.15) is 0 Å². The van der Waals surface area contributed by atoms with Crippen LogP contribution in [0.25, 0.3) is 0 Å². The van der Waals surface area contributed by atoms with E-state index >= 15 is 0 Å². The van der Waals surface area contributed by atoms with Crippen molar-refractivity contribution in [1.29, 1.82) is 0 Å².